The lowest BCUT2D eigenvalue weighted by atomic mass is 9.88. The Morgan fingerprint density at radius 3 is 2.55 bits per heavy atom. The Balaban J connectivity index is 1.71. The minimum Gasteiger partial charge on any atom is -0.393 e. The Hall–Kier alpha value is -0.610. The van der Waals surface area contributed by atoms with E-state index in [0.29, 0.717) is 5.92 Å². The number of nitrogens with one attached hydrogen (secondary N) is 1. The monoisotopic (exact) mass is 283 g/mol. The first-order chi connectivity index (χ1) is 9.54. The van der Waals surface area contributed by atoms with Gasteiger partial charge in [-0.3, -0.25) is 4.79 Å². The third-order valence-corrected chi connectivity index (χ3v) is 4.70. The van der Waals surface area contributed by atoms with Gasteiger partial charge in [0.1, 0.15) is 6.10 Å². The third-order valence-electron chi connectivity index (χ3n) is 4.70. The van der Waals surface area contributed by atoms with E-state index < -0.39 is 0 Å². The van der Waals surface area contributed by atoms with Gasteiger partial charge in [0.05, 0.1) is 12.2 Å². The van der Waals surface area contributed by atoms with Gasteiger partial charge in [0, 0.05) is 6.04 Å². The standard InChI is InChI=1S/C16H29NO3/c1-11-4-3-5-15(10-11)20-12(2)16(19)17-13-6-8-14(18)9-7-13/h11-15,18H,3-10H2,1-2H3,(H,17,19). The van der Waals surface area contributed by atoms with E-state index in [1.54, 1.807) is 0 Å². The van der Waals surface area contributed by atoms with E-state index in [2.05, 4.69) is 12.2 Å². The molecule has 0 heterocycles. The zero-order valence-corrected chi connectivity index (χ0v) is 12.8. The van der Waals surface area contributed by atoms with E-state index in [1.807, 2.05) is 6.92 Å². The highest BCUT2D eigenvalue weighted by Gasteiger charge is 2.26. The lowest BCUT2D eigenvalue weighted by Gasteiger charge is -2.31. The van der Waals surface area contributed by atoms with Crippen LogP contribution in [-0.2, 0) is 9.53 Å². The Morgan fingerprint density at radius 1 is 1.20 bits per heavy atom. The number of aliphatic hydroxyl groups excluding tert-OH is 1. The molecule has 0 aromatic rings. The number of amides is 1. The number of carbonyl (C=O) groups excluding carboxylic acids is 1. The van der Waals surface area contributed by atoms with Crippen molar-refractivity contribution in [2.45, 2.75) is 89.6 Å². The second-order valence-corrected chi connectivity index (χ2v) is 6.69. The van der Waals surface area contributed by atoms with Crippen LogP contribution in [0.25, 0.3) is 0 Å². The molecule has 4 nitrogen and oxygen atoms in total. The molecule has 0 aromatic heterocycles. The molecule has 0 aliphatic heterocycles. The van der Waals surface area contributed by atoms with Crippen molar-refractivity contribution in [3.63, 3.8) is 0 Å². The summed E-state index contributed by atoms with van der Waals surface area (Å²) in [5.74, 6) is 0.716. The summed E-state index contributed by atoms with van der Waals surface area (Å²) in [5, 5.41) is 12.5. The highest BCUT2D eigenvalue weighted by molar-refractivity contribution is 5.80. The van der Waals surface area contributed by atoms with Crippen molar-refractivity contribution < 1.29 is 14.6 Å². The summed E-state index contributed by atoms with van der Waals surface area (Å²) in [6.07, 6.45) is 7.68. The quantitative estimate of drug-likeness (QED) is 0.833. The maximum Gasteiger partial charge on any atom is 0.249 e. The summed E-state index contributed by atoms with van der Waals surface area (Å²) in [5.41, 5.74) is 0. The van der Waals surface area contributed by atoms with Gasteiger partial charge in [-0.2, -0.15) is 0 Å². The van der Waals surface area contributed by atoms with E-state index in [-0.39, 0.29) is 30.3 Å². The van der Waals surface area contributed by atoms with Crippen LogP contribution in [0.5, 0.6) is 0 Å². The molecule has 0 aromatic carbocycles. The van der Waals surface area contributed by atoms with E-state index >= 15 is 0 Å². The topological polar surface area (TPSA) is 58.6 Å². The van der Waals surface area contributed by atoms with Gasteiger partial charge < -0.3 is 15.2 Å². The molecule has 20 heavy (non-hydrogen) atoms. The van der Waals surface area contributed by atoms with Crippen molar-refractivity contribution in [1.29, 1.82) is 0 Å². The first kappa shape index (κ1) is 15.8. The molecule has 2 aliphatic rings. The van der Waals surface area contributed by atoms with Gasteiger partial charge in [-0.1, -0.05) is 19.8 Å². The Kier molecular flexibility index (Phi) is 5.85. The van der Waals surface area contributed by atoms with Crippen LogP contribution < -0.4 is 5.32 Å². The van der Waals surface area contributed by atoms with E-state index in [4.69, 9.17) is 4.74 Å². The molecule has 116 valence electrons. The molecular formula is C16H29NO3. The summed E-state index contributed by atoms with van der Waals surface area (Å²) in [6.45, 7) is 4.11. The fraction of sp³-hybridized carbons (Fsp3) is 0.938. The smallest absolute Gasteiger partial charge is 0.249 e. The molecule has 0 saturated heterocycles. The molecular weight excluding hydrogens is 254 g/mol. The van der Waals surface area contributed by atoms with E-state index in [0.717, 1.165) is 38.5 Å². The summed E-state index contributed by atoms with van der Waals surface area (Å²) in [6, 6.07) is 0.210. The van der Waals surface area contributed by atoms with Gasteiger partial charge >= 0.3 is 0 Å². The second kappa shape index (κ2) is 7.41. The molecule has 2 N–H and O–H groups in total. The van der Waals surface area contributed by atoms with Gasteiger partial charge in [0.15, 0.2) is 0 Å². The van der Waals surface area contributed by atoms with E-state index in [1.165, 1.54) is 12.8 Å². The van der Waals surface area contributed by atoms with Crippen LogP contribution >= 0.6 is 0 Å². The summed E-state index contributed by atoms with van der Waals surface area (Å²) < 4.78 is 5.92. The molecule has 1 amide bonds. The number of aliphatic hydroxyl groups is 1. The number of ether oxygens (including phenoxy) is 1. The van der Waals surface area contributed by atoms with Crippen molar-refractivity contribution in [2.24, 2.45) is 5.92 Å². The minimum absolute atomic E-state index is 0.00427. The van der Waals surface area contributed by atoms with Crippen LogP contribution in [0.3, 0.4) is 0 Å². The van der Waals surface area contributed by atoms with Crippen molar-refractivity contribution in [3.8, 4) is 0 Å². The fourth-order valence-electron chi connectivity index (χ4n) is 3.39. The Labute approximate surface area is 122 Å². The van der Waals surface area contributed by atoms with Gasteiger partial charge in [-0.25, -0.2) is 0 Å². The molecule has 2 rings (SSSR count). The first-order valence-electron chi connectivity index (χ1n) is 8.18. The maximum absolute atomic E-state index is 12.1. The molecule has 2 aliphatic carbocycles. The van der Waals surface area contributed by atoms with Crippen LogP contribution in [0, 0.1) is 5.92 Å². The number of hydrogen-bond acceptors (Lipinski definition) is 3. The Morgan fingerprint density at radius 2 is 1.90 bits per heavy atom. The predicted molar refractivity (Wildman–Crippen MR) is 78.4 cm³/mol. The molecule has 3 atom stereocenters. The fourth-order valence-corrected chi connectivity index (χ4v) is 3.39. The molecule has 4 heteroatoms. The number of rotatable bonds is 4. The highest BCUT2D eigenvalue weighted by atomic mass is 16.5. The van der Waals surface area contributed by atoms with Crippen LogP contribution in [-0.4, -0.2) is 35.4 Å². The zero-order chi connectivity index (χ0) is 14.5. The van der Waals surface area contributed by atoms with Gasteiger partial charge in [0.2, 0.25) is 5.91 Å². The predicted octanol–water partition coefficient (Wildman–Crippen LogP) is 2.39. The first-order valence-corrected chi connectivity index (χ1v) is 8.18. The van der Waals surface area contributed by atoms with Gasteiger partial charge in [-0.05, 0) is 51.4 Å². The normalized spacial score (nSPS) is 36.4. The lowest BCUT2D eigenvalue weighted by Crippen LogP contribution is -2.44. The molecule has 0 bridgehead atoms. The van der Waals surface area contributed by atoms with Crippen LogP contribution in [0.1, 0.15) is 65.2 Å². The minimum atomic E-state index is -0.364. The summed E-state index contributed by atoms with van der Waals surface area (Å²) in [4.78, 5) is 12.1. The molecule has 2 saturated carbocycles. The lowest BCUT2D eigenvalue weighted by molar-refractivity contribution is -0.138. The van der Waals surface area contributed by atoms with Crippen molar-refractivity contribution in [1.82, 2.24) is 5.32 Å². The molecule has 0 radical (unpaired) electrons. The number of hydrogen-bond donors (Lipinski definition) is 2. The Bertz CT molecular complexity index is 313. The van der Waals surface area contributed by atoms with Crippen LogP contribution in [0.15, 0.2) is 0 Å². The molecule has 2 fully saturated rings. The van der Waals surface area contributed by atoms with Crippen molar-refractivity contribution >= 4 is 5.91 Å². The van der Waals surface area contributed by atoms with Gasteiger partial charge in [-0.15, -0.1) is 0 Å². The number of carbonyl (C=O) groups is 1. The highest BCUT2D eigenvalue weighted by Crippen LogP contribution is 2.26. The molecule has 3 unspecified atom stereocenters. The van der Waals surface area contributed by atoms with Crippen LogP contribution in [0.2, 0.25) is 0 Å². The summed E-state index contributed by atoms with van der Waals surface area (Å²) >= 11 is 0. The SMILES string of the molecule is CC1CCCC(OC(C)C(=O)NC2CCC(O)CC2)C1. The second-order valence-electron chi connectivity index (χ2n) is 6.69. The third kappa shape index (κ3) is 4.74. The van der Waals surface area contributed by atoms with E-state index in [9.17, 15) is 9.90 Å². The maximum atomic E-state index is 12.1. The van der Waals surface area contributed by atoms with Crippen molar-refractivity contribution in [3.05, 3.63) is 0 Å². The largest absolute Gasteiger partial charge is 0.393 e. The van der Waals surface area contributed by atoms with Crippen molar-refractivity contribution in [2.75, 3.05) is 0 Å². The summed E-state index contributed by atoms with van der Waals surface area (Å²) in [7, 11) is 0. The van der Waals surface area contributed by atoms with Crippen LogP contribution in [0.4, 0.5) is 0 Å². The molecule has 0 spiro atoms. The zero-order valence-electron chi connectivity index (χ0n) is 12.8. The van der Waals surface area contributed by atoms with Gasteiger partial charge in [0.25, 0.3) is 0 Å². The average molecular weight is 283 g/mol. The average Bonchev–Trinajstić information content (AvgIpc) is 2.41.